The normalized spacial score (nSPS) is 16.3. The number of halogens is 1. The Balaban J connectivity index is 1.65. The first-order chi connectivity index (χ1) is 12.6. The van der Waals surface area contributed by atoms with Crippen LogP contribution in [0.5, 0.6) is 11.5 Å². The van der Waals surface area contributed by atoms with Crippen LogP contribution in [0.3, 0.4) is 0 Å². The lowest BCUT2D eigenvalue weighted by Gasteiger charge is -2.09. The minimum atomic E-state index is -0.377. The molecule has 3 rings (SSSR count). The third-order valence-electron chi connectivity index (χ3n) is 4.53. The number of aryl methyl sites for hydroxylation is 1. The van der Waals surface area contributed by atoms with Crippen LogP contribution in [0.2, 0.25) is 0 Å². The van der Waals surface area contributed by atoms with E-state index in [1.807, 2.05) is 12.1 Å². The first-order valence-corrected chi connectivity index (χ1v) is 8.75. The Morgan fingerprint density at radius 1 is 1.23 bits per heavy atom. The highest BCUT2D eigenvalue weighted by Crippen LogP contribution is 2.25. The Kier molecular flexibility index (Phi) is 5.66. The summed E-state index contributed by atoms with van der Waals surface area (Å²) in [5.74, 6) is 0.952. The molecule has 1 unspecified atom stereocenters. The number of benzene rings is 2. The van der Waals surface area contributed by atoms with Crippen molar-refractivity contribution in [3.8, 4) is 11.5 Å². The van der Waals surface area contributed by atoms with Gasteiger partial charge in [0.25, 0.3) is 0 Å². The van der Waals surface area contributed by atoms with E-state index in [4.69, 9.17) is 9.47 Å². The van der Waals surface area contributed by atoms with Gasteiger partial charge in [-0.3, -0.25) is 9.79 Å². The molecule has 0 fully saturated rings. The van der Waals surface area contributed by atoms with Crippen molar-refractivity contribution in [1.29, 1.82) is 0 Å². The first-order valence-electron chi connectivity index (χ1n) is 8.75. The van der Waals surface area contributed by atoms with Gasteiger partial charge in [-0.25, -0.2) is 4.39 Å². The van der Waals surface area contributed by atoms with Gasteiger partial charge < -0.3 is 9.47 Å². The largest absolute Gasteiger partial charge is 0.496 e. The molecular formula is C21H22FNO3. The van der Waals surface area contributed by atoms with Gasteiger partial charge in [-0.05, 0) is 72.9 Å². The van der Waals surface area contributed by atoms with Crippen LogP contribution < -0.4 is 9.47 Å². The van der Waals surface area contributed by atoms with Crippen molar-refractivity contribution in [2.45, 2.75) is 32.2 Å². The molecule has 0 aliphatic carbocycles. The van der Waals surface area contributed by atoms with Gasteiger partial charge in [0.2, 0.25) is 0 Å². The van der Waals surface area contributed by atoms with Gasteiger partial charge in [0.1, 0.15) is 30.0 Å². The monoisotopic (exact) mass is 355 g/mol. The number of rotatable bonds is 7. The second-order valence-electron chi connectivity index (χ2n) is 6.22. The van der Waals surface area contributed by atoms with Crippen molar-refractivity contribution in [1.82, 2.24) is 0 Å². The van der Waals surface area contributed by atoms with Crippen molar-refractivity contribution in [2.24, 2.45) is 4.99 Å². The van der Waals surface area contributed by atoms with Gasteiger partial charge in [0.15, 0.2) is 5.78 Å². The van der Waals surface area contributed by atoms with E-state index in [9.17, 15) is 9.18 Å². The molecule has 1 aliphatic rings. The number of carbonyl (C=O) groups is 1. The fourth-order valence-electron chi connectivity index (χ4n) is 3.06. The Morgan fingerprint density at radius 3 is 2.69 bits per heavy atom. The Labute approximate surface area is 152 Å². The van der Waals surface area contributed by atoms with Gasteiger partial charge in [-0.1, -0.05) is 6.92 Å². The number of nitrogens with zero attached hydrogens (tertiary/aromatic N) is 1. The lowest BCUT2D eigenvalue weighted by atomic mass is 10.0. The molecule has 1 heterocycles. The van der Waals surface area contributed by atoms with Gasteiger partial charge in [0, 0.05) is 5.71 Å². The van der Waals surface area contributed by atoms with Crippen molar-refractivity contribution < 1.29 is 18.7 Å². The van der Waals surface area contributed by atoms with Crippen molar-refractivity contribution in [3.63, 3.8) is 0 Å². The minimum absolute atomic E-state index is 0.0596. The topological polar surface area (TPSA) is 47.9 Å². The zero-order chi connectivity index (χ0) is 18.5. The molecule has 0 aromatic heterocycles. The molecule has 0 amide bonds. The van der Waals surface area contributed by atoms with E-state index in [0.29, 0.717) is 12.2 Å². The van der Waals surface area contributed by atoms with Gasteiger partial charge in [-0.15, -0.1) is 0 Å². The maximum Gasteiger partial charge on any atom is 0.194 e. The van der Waals surface area contributed by atoms with E-state index in [1.54, 1.807) is 7.11 Å². The molecule has 0 saturated carbocycles. The predicted octanol–water partition coefficient (Wildman–Crippen LogP) is 4.00. The highest BCUT2D eigenvalue weighted by Gasteiger charge is 2.25. The third-order valence-corrected chi connectivity index (χ3v) is 4.53. The van der Waals surface area contributed by atoms with Crippen LogP contribution >= 0.6 is 0 Å². The van der Waals surface area contributed by atoms with Crippen LogP contribution in [-0.2, 0) is 11.2 Å². The molecule has 1 aliphatic heterocycles. The summed E-state index contributed by atoms with van der Waals surface area (Å²) in [6.07, 6.45) is 2.33. The number of hydrogen-bond donors (Lipinski definition) is 0. The number of ketones is 1. The number of carbonyl (C=O) groups excluding carboxylic acids is 1. The quantitative estimate of drug-likeness (QED) is 0.754. The van der Waals surface area contributed by atoms with Gasteiger partial charge in [0.05, 0.1) is 7.11 Å². The maximum absolute atomic E-state index is 12.9. The highest BCUT2D eigenvalue weighted by atomic mass is 19.1. The lowest BCUT2D eigenvalue weighted by Crippen LogP contribution is -2.23. The second-order valence-corrected chi connectivity index (χ2v) is 6.22. The number of Topliss-reactive ketones (excluding diaryl/α,β-unsaturated/α-hetero) is 1. The summed E-state index contributed by atoms with van der Waals surface area (Å²) in [7, 11) is 1.66. The minimum Gasteiger partial charge on any atom is -0.496 e. The van der Waals surface area contributed by atoms with Crippen LogP contribution in [0.25, 0.3) is 0 Å². The molecule has 136 valence electrons. The SMILES string of the molecule is CCc1cc(C2=NC(C(=O)COc3ccc(F)cc3)CC2)ccc1OC. The average molecular weight is 355 g/mol. The summed E-state index contributed by atoms with van der Waals surface area (Å²) >= 11 is 0. The molecule has 2 aromatic carbocycles. The summed E-state index contributed by atoms with van der Waals surface area (Å²) in [6.45, 7) is 2.02. The molecule has 26 heavy (non-hydrogen) atoms. The van der Waals surface area contributed by atoms with E-state index in [1.165, 1.54) is 24.3 Å². The van der Waals surface area contributed by atoms with Crippen LogP contribution in [-0.4, -0.2) is 31.3 Å². The molecule has 5 heteroatoms. The van der Waals surface area contributed by atoms with Crippen LogP contribution in [0.4, 0.5) is 4.39 Å². The third kappa shape index (κ3) is 4.10. The number of ether oxygens (including phenoxy) is 2. The fourth-order valence-corrected chi connectivity index (χ4v) is 3.06. The van der Waals surface area contributed by atoms with E-state index in [0.717, 1.165) is 35.4 Å². The van der Waals surface area contributed by atoms with Crippen LogP contribution in [0.15, 0.2) is 47.5 Å². The second kappa shape index (κ2) is 8.13. The molecule has 0 bridgehead atoms. The van der Waals surface area contributed by atoms with Gasteiger partial charge >= 0.3 is 0 Å². The lowest BCUT2D eigenvalue weighted by molar-refractivity contribution is -0.122. The smallest absolute Gasteiger partial charge is 0.194 e. The molecule has 1 atom stereocenters. The molecule has 4 nitrogen and oxygen atoms in total. The Bertz CT molecular complexity index is 815. The number of aliphatic imine (C=N–C) groups is 1. The van der Waals surface area contributed by atoms with Crippen LogP contribution in [0.1, 0.15) is 30.9 Å². The van der Waals surface area contributed by atoms with E-state index < -0.39 is 0 Å². The summed E-state index contributed by atoms with van der Waals surface area (Å²) in [5, 5.41) is 0. The molecule has 0 radical (unpaired) electrons. The van der Waals surface area contributed by atoms with Crippen molar-refractivity contribution in [3.05, 3.63) is 59.4 Å². The average Bonchev–Trinajstić information content (AvgIpc) is 3.17. The summed E-state index contributed by atoms with van der Waals surface area (Å²) in [5.41, 5.74) is 3.11. The summed E-state index contributed by atoms with van der Waals surface area (Å²) in [4.78, 5) is 17.0. The zero-order valence-electron chi connectivity index (χ0n) is 15.0. The molecule has 2 aromatic rings. The standard InChI is InChI=1S/C21H22FNO3/c1-3-14-12-15(4-11-21(14)25-2)18-9-10-19(23-18)20(24)13-26-17-7-5-16(22)6-8-17/h4-8,11-12,19H,3,9-10,13H2,1-2H3. The maximum atomic E-state index is 12.9. The fraction of sp³-hybridized carbons (Fsp3) is 0.333. The summed E-state index contributed by atoms with van der Waals surface area (Å²) in [6, 6.07) is 11.3. The molecular weight excluding hydrogens is 333 g/mol. The number of hydrogen-bond acceptors (Lipinski definition) is 4. The number of methoxy groups -OCH3 is 1. The van der Waals surface area contributed by atoms with E-state index >= 15 is 0 Å². The molecule has 0 N–H and O–H groups in total. The highest BCUT2D eigenvalue weighted by molar-refractivity contribution is 6.04. The molecule has 0 saturated heterocycles. The van der Waals surface area contributed by atoms with Crippen molar-refractivity contribution in [2.75, 3.05) is 13.7 Å². The van der Waals surface area contributed by atoms with Gasteiger partial charge in [-0.2, -0.15) is 0 Å². The predicted molar refractivity (Wildman–Crippen MR) is 98.8 cm³/mol. The van der Waals surface area contributed by atoms with Crippen LogP contribution in [0, 0.1) is 5.82 Å². The first kappa shape index (κ1) is 18.1. The van der Waals surface area contributed by atoms with E-state index in [-0.39, 0.29) is 24.2 Å². The zero-order valence-corrected chi connectivity index (χ0v) is 15.0. The summed E-state index contributed by atoms with van der Waals surface area (Å²) < 4.78 is 23.7. The van der Waals surface area contributed by atoms with E-state index in [2.05, 4.69) is 18.0 Å². The molecule has 0 spiro atoms. The van der Waals surface area contributed by atoms with Crippen molar-refractivity contribution >= 4 is 11.5 Å². The Morgan fingerprint density at radius 2 is 2.00 bits per heavy atom. The Hall–Kier alpha value is -2.69.